The summed E-state index contributed by atoms with van der Waals surface area (Å²) >= 11 is 1.36. The number of pyridine rings is 1. The van der Waals surface area contributed by atoms with Crippen LogP contribution < -0.4 is 5.32 Å². The summed E-state index contributed by atoms with van der Waals surface area (Å²) in [5, 5.41) is 3.03. The van der Waals surface area contributed by atoms with Crippen molar-refractivity contribution in [1.29, 1.82) is 0 Å². The van der Waals surface area contributed by atoms with Crippen LogP contribution in [0, 0.1) is 19.7 Å². The topological polar surface area (TPSA) is 54.9 Å². The monoisotopic (exact) mass is 251 g/mol. The van der Waals surface area contributed by atoms with Crippen molar-refractivity contribution < 1.29 is 9.18 Å². The minimum Gasteiger partial charge on any atom is -0.298 e. The predicted octanol–water partition coefficient (Wildman–Crippen LogP) is 2.55. The van der Waals surface area contributed by atoms with E-state index < -0.39 is 11.7 Å². The molecular weight excluding hydrogens is 241 g/mol. The Labute approximate surface area is 102 Å². The molecule has 0 aliphatic carbocycles. The number of hydrogen-bond acceptors (Lipinski definition) is 4. The van der Waals surface area contributed by atoms with E-state index in [0.29, 0.717) is 5.13 Å². The zero-order chi connectivity index (χ0) is 12.4. The number of amides is 1. The molecule has 0 bridgehead atoms. The van der Waals surface area contributed by atoms with E-state index in [1.54, 1.807) is 0 Å². The van der Waals surface area contributed by atoms with Gasteiger partial charge in [-0.05, 0) is 19.9 Å². The van der Waals surface area contributed by atoms with Gasteiger partial charge in [-0.2, -0.15) is 0 Å². The van der Waals surface area contributed by atoms with Gasteiger partial charge in [0.1, 0.15) is 0 Å². The summed E-state index contributed by atoms with van der Waals surface area (Å²) in [7, 11) is 0. The number of anilines is 1. The normalized spacial score (nSPS) is 10.3. The van der Waals surface area contributed by atoms with Crippen LogP contribution in [0.2, 0.25) is 0 Å². The van der Waals surface area contributed by atoms with Crippen LogP contribution in [0.25, 0.3) is 0 Å². The first-order valence-corrected chi connectivity index (χ1v) is 5.74. The molecular formula is C11H10FN3OS. The van der Waals surface area contributed by atoms with E-state index in [1.807, 2.05) is 13.8 Å². The molecule has 0 unspecified atom stereocenters. The predicted molar refractivity (Wildman–Crippen MR) is 63.7 cm³/mol. The first-order chi connectivity index (χ1) is 8.08. The number of carbonyl (C=O) groups is 1. The lowest BCUT2D eigenvalue weighted by molar-refractivity contribution is 0.102. The Morgan fingerprint density at radius 2 is 2.24 bits per heavy atom. The molecule has 2 rings (SSSR count). The number of hydrogen-bond donors (Lipinski definition) is 1. The quantitative estimate of drug-likeness (QED) is 0.892. The first kappa shape index (κ1) is 11.7. The van der Waals surface area contributed by atoms with Crippen LogP contribution in [0.1, 0.15) is 20.9 Å². The van der Waals surface area contributed by atoms with Gasteiger partial charge in [0, 0.05) is 11.1 Å². The maximum atomic E-state index is 13.3. The van der Waals surface area contributed by atoms with Gasteiger partial charge in [-0.3, -0.25) is 15.1 Å². The lowest BCUT2D eigenvalue weighted by Gasteiger charge is -2.01. The molecule has 4 nitrogen and oxygen atoms in total. The minimum absolute atomic E-state index is 0.0366. The summed E-state index contributed by atoms with van der Waals surface area (Å²) in [5.41, 5.74) is 0.825. The highest BCUT2D eigenvalue weighted by atomic mass is 32.1. The van der Waals surface area contributed by atoms with Crippen molar-refractivity contribution in [2.75, 3.05) is 5.32 Å². The van der Waals surface area contributed by atoms with E-state index in [4.69, 9.17) is 0 Å². The summed E-state index contributed by atoms with van der Waals surface area (Å²) in [5.74, 6) is -1.16. The Balaban J connectivity index is 2.20. The Morgan fingerprint density at radius 1 is 1.47 bits per heavy atom. The number of nitrogens with one attached hydrogen (secondary N) is 1. The van der Waals surface area contributed by atoms with Crippen molar-refractivity contribution in [3.05, 3.63) is 40.4 Å². The fraction of sp³-hybridized carbons (Fsp3) is 0.182. The average molecular weight is 251 g/mol. The van der Waals surface area contributed by atoms with Gasteiger partial charge in [0.05, 0.1) is 17.5 Å². The molecule has 0 saturated heterocycles. The number of aryl methyl sites for hydroxylation is 2. The van der Waals surface area contributed by atoms with E-state index >= 15 is 0 Å². The van der Waals surface area contributed by atoms with Crippen molar-refractivity contribution in [2.45, 2.75) is 13.8 Å². The van der Waals surface area contributed by atoms with Gasteiger partial charge in [0.15, 0.2) is 10.9 Å². The first-order valence-electron chi connectivity index (χ1n) is 4.93. The highest BCUT2D eigenvalue weighted by Gasteiger charge is 2.13. The number of nitrogens with zero attached hydrogens (tertiary/aromatic N) is 2. The fourth-order valence-corrected chi connectivity index (χ4v) is 2.06. The second-order valence-corrected chi connectivity index (χ2v) is 4.67. The van der Waals surface area contributed by atoms with Gasteiger partial charge in [0.2, 0.25) is 0 Å². The molecule has 0 aromatic carbocycles. The third kappa shape index (κ3) is 2.47. The second-order valence-electron chi connectivity index (χ2n) is 3.47. The molecule has 0 spiro atoms. The highest BCUT2D eigenvalue weighted by molar-refractivity contribution is 7.15. The SMILES string of the molecule is Cc1nc(NC(=O)c2ccncc2F)sc1C. The van der Waals surface area contributed by atoms with Crippen LogP contribution in [0.5, 0.6) is 0 Å². The molecule has 6 heteroatoms. The largest absolute Gasteiger partial charge is 0.298 e. The van der Waals surface area contributed by atoms with Crippen LogP contribution in [-0.2, 0) is 0 Å². The van der Waals surface area contributed by atoms with Gasteiger partial charge < -0.3 is 0 Å². The van der Waals surface area contributed by atoms with Gasteiger partial charge in [-0.15, -0.1) is 11.3 Å². The van der Waals surface area contributed by atoms with Gasteiger partial charge in [-0.1, -0.05) is 0 Å². The van der Waals surface area contributed by atoms with E-state index in [-0.39, 0.29) is 5.56 Å². The molecule has 1 amide bonds. The zero-order valence-electron chi connectivity index (χ0n) is 9.32. The Morgan fingerprint density at radius 3 is 2.82 bits per heavy atom. The molecule has 0 fully saturated rings. The second kappa shape index (κ2) is 4.58. The summed E-state index contributed by atoms with van der Waals surface area (Å²) in [6, 6.07) is 1.33. The molecule has 1 N–H and O–H groups in total. The standard InChI is InChI=1S/C11H10FN3OS/c1-6-7(2)17-11(14-6)15-10(16)8-3-4-13-5-9(8)12/h3-5H,1-2H3,(H,14,15,16). The number of aromatic nitrogens is 2. The number of rotatable bonds is 2. The third-order valence-corrected chi connectivity index (χ3v) is 3.25. The van der Waals surface area contributed by atoms with Crippen LogP contribution in [0.3, 0.4) is 0 Å². The molecule has 2 aromatic heterocycles. The summed E-state index contributed by atoms with van der Waals surface area (Å²) in [4.78, 5) is 20.5. The Hall–Kier alpha value is -1.82. The lowest BCUT2D eigenvalue weighted by Crippen LogP contribution is -2.13. The number of thiazole rings is 1. The maximum Gasteiger partial charge on any atom is 0.260 e. The number of carbonyl (C=O) groups excluding carboxylic acids is 1. The molecule has 0 saturated carbocycles. The highest BCUT2D eigenvalue weighted by Crippen LogP contribution is 2.21. The van der Waals surface area contributed by atoms with Crippen molar-refractivity contribution in [3.63, 3.8) is 0 Å². The molecule has 0 radical (unpaired) electrons. The van der Waals surface area contributed by atoms with Crippen LogP contribution in [0.4, 0.5) is 9.52 Å². The summed E-state index contributed by atoms with van der Waals surface area (Å²) in [6.07, 6.45) is 2.38. The van der Waals surface area contributed by atoms with Gasteiger partial charge in [0.25, 0.3) is 5.91 Å². The van der Waals surface area contributed by atoms with Crippen molar-refractivity contribution >= 4 is 22.4 Å². The van der Waals surface area contributed by atoms with Crippen molar-refractivity contribution in [3.8, 4) is 0 Å². The van der Waals surface area contributed by atoms with Gasteiger partial charge in [-0.25, -0.2) is 9.37 Å². The molecule has 88 valence electrons. The fourth-order valence-electron chi connectivity index (χ4n) is 1.25. The van der Waals surface area contributed by atoms with Crippen LogP contribution in [0.15, 0.2) is 18.5 Å². The summed E-state index contributed by atoms with van der Waals surface area (Å²) < 4.78 is 13.3. The molecule has 2 aromatic rings. The Kier molecular flexibility index (Phi) is 3.14. The molecule has 0 aliphatic heterocycles. The third-order valence-electron chi connectivity index (χ3n) is 2.27. The summed E-state index contributed by atoms with van der Waals surface area (Å²) in [6.45, 7) is 3.77. The zero-order valence-corrected chi connectivity index (χ0v) is 10.1. The molecule has 2 heterocycles. The molecule has 0 aliphatic rings. The average Bonchev–Trinajstić information content (AvgIpc) is 2.58. The number of halogens is 1. The Bertz CT molecular complexity index is 548. The van der Waals surface area contributed by atoms with E-state index in [9.17, 15) is 9.18 Å². The van der Waals surface area contributed by atoms with Crippen LogP contribution >= 0.6 is 11.3 Å². The van der Waals surface area contributed by atoms with Gasteiger partial charge >= 0.3 is 0 Å². The lowest BCUT2D eigenvalue weighted by atomic mass is 10.2. The molecule has 0 atom stereocenters. The maximum absolute atomic E-state index is 13.3. The van der Waals surface area contributed by atoms with E-state index in [0.717, 1.165) is 16.8 Å². The van der Waals surface area contributed by atoms with E-state index in [1.165, 1.54) is 23.6 Å². The van der Waals surface area contributed by atoms with Crippen molar-refractivity contribution in [2.24, 2.45) is 0 Å². The van der Waals surface area contributed by atoms with Crippen molar-refractivity contribution in [1.82, 2.24) is 9.97 Å². The van der Waals surface area contributed by atoms with Crippen LogP contribution in [-0.4, -0.2) is 15.9 Å². The minimum atomic E-state index is -0.644. The van der Waals surface area contributed by atoms with E-state index in [2.05, 4.69) is 15.3 Å². The molecule has 17 heavy (non-hydrogen) atoms. The smallest absolute Gasteiger partial charge is 0.260 e.